The Hall–Kier alpha value is -3.12. The van der Waals surface area contributed by atoms with E-state index in [1.807, 2.05) is 24.3 Å². The summed E-state index contributed by atoms with van der Waals surface area (Å²) in [6.45, 7) is 5.36. The van der Waals surface area contributed by atoms with E-state index in [2.05, 4.69) is 47.0 Å². The second kappa shape index (κ2) is 6.80. The van der Waals surface area contributed by atoms with Crippen molar-refractivity contribution in [1.82, 2.24) is 14.5 Å². The lowest BCUT2D eigenvalue weighted by atomic mass is 10.2. The molecule has 6 heteroatoms. The summed E-state index contributed by atoms with van der Waals surface area (Å²) < 4.78 is 13.2. The number of nitrogens with zero attached hydrogens (tertiary/aromatic N) is 3. The van der Waals surface area contributed by atoms with Gasteiger partial charge in [0.2, 0.25) is 6.79 Å². The van der Waals surface area contributed by atoms with Gasteiger partial charge in [0.05, 0.1) is 11.4 Å². The van der Waals surface area contributed by atoms with Crippen LogP contribution in [0.15, 0.2) is 54.0 Å². The Kier molecular flexibility index (Phi) is 4.13. The first-order valence-electron chi connectivity index (χ1n) is 9.11. The van der Waals surface area contributed by atoms with E-state index in [9.17, 15) is 0 Å². The Morgan fingerprint density at radius 2 is 1.93 bits per heavy atom. The minimum Gasteiger partial charge on any atom is -0.454 e. The van der Waals surface area contributed by atoms with E-state index in [0.29, 0.717) is 6.79 Å². The summed E-state index contributed by atoms with van der Waals surface area (Å²) in [5.74, 6) is 1.63. The van der Waals surface area contributed by atoms with Crippen LogP contribution in [0, 0.1) is 13.8 Å². The molecule has 5 rings (SSSR count). The fourth-order valence-electron chi connectivity index (χ4n) is 3.53. The third-order valence-corrected chi connectivity index (χ3v) is 5.88. The molecule has 0 N–H and O–H groups in total. The van der Waals surface area contributed by atoms with Crippen LogP contribution in [0.2, 0.25) is 0 Å². The lowest BCUT2D eigenvalue weighted by Gasteiger charge is -2.10. The number of fused-ring (bicyclic) bond motifs is 1. The van der Waals surface area contributed by atoms with Crippen LogP contribution in [-0.4, -0.2) is 21.3 Å². The van der Waals surface area contributed by atoms with E-state index in [1.165, 1.54) is 17.0 Å². The Balaban J connectivity index is 1.46. The first kappa shape index (κ1) is 17.0. The van der Waals surface area contributed by atoms with Crippen molar-refractivity contribution in [3.8, 4) is 33.5 Å². The highest BCUT2D eigenvalue weighted by Crippen LogP contribution is 2.34. The third-order valence-electron chi connectivity index (χ3n) is 5.02. The largest absolute Gasteiger partial charge is 0.454 e. The molecular weight excluding hydrogens is 370 g/mol. The maximum atomic E-state index is 5.51. The van der Waals surface area contributed by atoms with Crippen LogP contribution in [-0.2, 0) is 6.54 Å². The standard InChI is InChI=1S/C22H19N3O2S/c1-14-9-17(19-12-28-22(24-19)18-5-3-4-8-23-18)15(2)25(14)11-16-6-7-20-21(10-16)27-13-26-20/h3-10,12H,11,13H2,1-2H3. The van der Waals surface area contributed by atoms with Gasteiger partial charge in [-0.05, 0) is 49.7 Å². The number of pyridine rings is 1. The average molecular weight is 389 g/mol. The number of thiazole rings is 1. The molecule has 1 aromatic carbocycles. The molecule has 0 atom stereocenters. The summed E-state index contributed by atoms with van der Waals surface area (Å²) in [6, 6.07) is 14.2. The lowest BCUT2D eigenvalue weighted by Crippen LogP contribution is -2.04. The predicted octanol–water partition coefficient (Wildman–Crippen LogP) is 5.07. The van der Waals surface area contributed by atoms with Crippen molar-refractivity contribution in [3.63, 3.8) is 0 Å². The molecule has 0 unspecified atom stereocenters. The van der Waals surface area contributed by atoms with Crippen molar-refractivity contribution >= 4 is 11.3 Å². The molecule has 1 aliphatic heterocycles. The van der Waals surface area contributed by atoms with E-state index >= 15 is 0 Å². The van der Waals surface area contributed by atoms with E-state index in [4.69, 9.17) is 14.5 Å². The van der Waals surface area contributed by atoms with E-state index < -0.39 is 0 Å². The van der Waals surface area contributed by atoms with Gasteiger partial charge in [-0.1, -0.05) is 12.1 Å². The number of hydrogen-bond acceptors (Lipinski definition) is 5. The SMILES string of the molecule is Cc1cc(-c2csc(-c3ccccn3)n2)c(C)n1Cc1ccc2c(c1)OCO2. The molecule has 1 aliphatic rings. The third kappa shape index (κ3) is 2.96. The summed E-state index contributed by atoms with van der Waals surface area (Å²) in [6.07, 6.45) is 1.80. The summed E-state index contributed by atoms with van der Waals surface area (Å²) >= 11 is 1.63. The number of aryl methyl sites for hydroxylation is 1. The smallest absolute Gasteiger partial charge is 0.231 e. The predicted molar refractivity (Wildman–Crippen MR) is 110 cm³/mol. The molecule has 140 valence electrons. The van der Waals surface area contributed by atoms with Crippen LogP contribution in [0.4, 0.5) is 0 Å². The Morgan fingerprint density at radius 3 is 2.79 bits per heavy atom. The Morgan fingerprint density at radius 1 is 1.04 bits per heavy atom. The number of rotatable bonds is 4. The van der Waals surface area contributed by atoms with Crippen molar-refractivity contribution in [2.75, 3.05) is 6.79 Å². The Labute approximate surface area is 167 Å². The fraction of sp³-hybridized carbons (Fsp3) is 0.182. The minimum atomic E-state index is 0.299. The van der Waals surface area contributed by atoms with Crippen molar-refractivity contribution in [2.24, 2.45) is 0 Å². The van der Waals surface area contributed by atoms with Gasteiger partial charge in [-0.15, -0.1) is 11.3 Å². The van der Waals surface area contributed by atoms with Crippen molar-refractivity contribution in [2.45, 2.75) is 20.4 Å². The zero-order valence-electron chi connectivity index (χ0n) is 15.7. The van der Waals surface area contributed by atoms with Gasteiger partial charge in [0.15, 0.2) is 11.5 Å². The molecule has 0 spiro atoms. The van der Waals surface area contributed by atoms with Crippen LogP contribution < -0.4 is 9.47 Å². The van der Waals surface area contributed by atoms with Gasteiger partial charge < -0.3 is 14.0 Å². The van der Waals surface area contributed by atoms with Gasteiger partial charge >= 0.3 is 0 Å². The maximum absolute atomic E-state index is 5.51. The molecule has 0 saturated heterocycles. The minimum absolute atomic E-state index is 0.299. The molecule has 4 aromatic rings. The van der Waals surface area contributed by atoms with Crippen molar-refractivity contribution in [1.29, 1.82) is 0 Å². The molecular formula is C22H19N3O2S. The molecule has 3 aromatic heterocycles. The van der Waals surface area contributed by atoms with Crippen LogP contribution in [0.25, 0.3) is 22.0 Å². The monoisotopic (exact) mass is 389 g/mol. The van der Waals surface area contributed by atoms with Gasteiger partial charge in [-0.2, -0.15) is 0 Å². The molecule has 0 aliphatic carbocycles. The van der Waals surface area contributed by atoms with Gasteiger partial charge in [0, 0.05) is 35.1 Å². The summed E-state index contributed by atoms with van der Waals surface area (Å²) in [5.41, 5.74) is 6.66. The quantitative estimate of drug-likeness (QED) is 0.489. The number of aromatic nitrogens is 3. The Bertz CT molecular complexity index is 1150. The first-order chi connectivity index (χ1) is 13.7. The molecule has 0 saturated carbocycles. The molecule has 4 heterocycles. The van der Waals surface area contributed by atoms with Gasteiger partial charge in [0.1, 0.15) is 5.01 Å². The van der Waals surface area contributed by atoms with E-state index in [-0.39, 0.29) is 0 Å². The van der Waals surface area contributed by atoms with Gasteiger partial charge in [-0.3, -0.25) is 4.98 Å². The van der Waals surface area contributed by atoms with Gasteiger partial charge in [-0.25, -0.2) is 4.98 Å². The zero-order valence-corrected chi connectivity index (χ0v) is 16.5. The number of hydrogen-bond donors (Lipinski definition) is 0. The van der Waals surface area contributed by atoms with Crippen LogP contribution >= 0.6 is 11.3 Å². The van der Waals surface area contributed by atoms with Crippen LogP contribution in [0.5, 0.6) is 11.5 Å². The normalized spacial score (nSPS) is 12.5. The van der Waals surface area contributed by atoms with Crippen LogP contribution in [0.1, 0.15) is 17.0 Å². The highest BCUT2D eigenvalue weighted by atomic mass is 32.1. The molecule has 28 heavy (non-hydrogen) atoms. The van der Waals surface area contributed by atoms with Gasteiger partial charge in [0.25, 0.3) is 0 Å². The molecule has 0 fully saturated rings. The first-order valence-corrected chi connectivity index (χ1v) is 9.99. The topological polar surface area (TPSA) is 49.2 Å². The highest BCUT2D eigenvalue weighted by Gasteiger charge is 2.17. The summed E-state index contributed by atoms with van der Waals surface area (Å²) in [5, 5.41) is 3.05. The fourth-order valence-corrected chi connectivity index (χ4v) is 4.33. The summed E-state index contributed by atoms with van der Waals surface area (Å²) in [7, 11) is 0. The second-order valence-corrected chi connectivity index (χ2v) is 7.67. The highest BCUT2D eigenvalue weighted by molar-refractivity contribution is 7.13. The number of benzene rings is 1. The second-order valence-electron chi connectivity index (χ2n) is 6.81. The molecule has 5 nitrogen and oxygen atoms in total. The van der Waals surface area contributed by atoms with E-state index in [0.717, 1.165) is 40.0 Å². The van der Waals surface area contributed by atoms with Crippen molar-refractivity contribution < 1.29 is 9.47 Å². The summed E-state index contributed by atoms with van der Waals surface area (Å²) in [4.78, 5) is 9.23. The average Bonchev–Trinajstić information content (AvgIpc) is 3.44. The van der Waals surface area contributed by atoms with Crippen LogP contribution in [0.3, 0.4) is 0 Å². The lowest BCUT2D eigenvalue weighted by molar-refractivity contribution is 0.174. The molecule has 0 bridgehead atoms. The molecule has 0 radical (unpaired) electrons. The van der Waals surface area contributed by atoms with Crippen molar-refractivity contribution in [3.05, 3.63) is 71.0 Å². The number of ether oxygens (including phenoxy) is 2. The molecule has 0 amide bonds. The maximum Gasteiger partial charge on any atom is 0.231 e. The zero-order chi connectivity index (χ0) is 19.1. The van der Waals surface area contributed by atoms with E-state index in [1.54, 1.807) is 17.5 Å².